The molecule has 0 unspecified atom stereocenters. The second-order valence-corrected chi connectivity index (χ2v) is 6.55. The molecule has 5 aromatic rings. The predicted octanol–water partition coefficient (Wildman–Crippen LogP) is 6.13. The van der Waals surface area contributed by atoms with Crippen LogP contribution in [0.15, 0.2) is 85.2 Å². The van der Waals surface area contributed by atoms with Gasteiger partial charge in [0.2, 0.25) is 0 Å². The van der Waals surface area contributed by atoms with Gasteiger partial charge >= 0.3 is 0 Å². The molecule has 6 rings (SSSR count). The molecule has 1 aliphatic carbocycles. The van der Waals surface area contributed by atoms with Crippen LogP contribution in [0, 0.1) is 0 Å². The fraction of sp³-hybridized carbons (Fsp3) is 0.0417. The SMILES string of the molecule is C1=Cc2cccc3cccc(c23)C1.c1c[nH]c2ccc3ccnc3c2c1. The number of pyridine rings is 1. The molecular formula is C24H18N2. The first-order valence-corrected chi connectivity index (χ1v) is 8.88. The monoisotopic (exact) mass is 334 g/mol. The van der Waals surface area contributed by atoms with Crippen LogP contribution in [0.25, 0.3) is 38.7 Å². The third-order valence-electron chi connectivity index (χ3n) is 4.96. The Morgan fingerprint density at radius 3 is 2.69 bits per heavy atom. The van der Waals surface area contributed by atoms with Gasteiger partial charge in [-0.3, -0.25) is 4.98 Å². The number of nitrogens with one attached hydrogen (secondary N) is 1. The van der Waals surface area contributed by atoms with Crippen LogP contribution in [-0.2, 0) is 6.42 Å². The molecule has 0 bridgehead atoms. The molecule has 1 aliphatic rings. The minimum absolute atomic E-state index is 1.08. The number of hydrogen-bond donors (Lipinski definition) is 1. The Morgan fingerprint density at radius 1 is 0.808 bits per heavy atom. The molecule has 3 aromatic carbocycles. The van der Waals surface area contributed by atoms with Crippen LogP contribution in [0.5, 0.6) is 0 Å². The van der Waals surface area contributed by atoms with E-state index in [1.807, 2.05) is 24.5 Å². The van der Waals surface area contributed by atoms with Crippen LogP contribution >= 0.6 is 0 Å². The topological polar surface area (TPSA) is 28.7 Å². The summed E-state index contributed by atoms with van der Waals surface area (Å²) in [6.07, 6.45) is 9.30. The van der Waals surface area contributed by atoms with E-state index in [0.29, 0.717) is 0 Å². The van der Waals surface area contributed by atoms with Crippen molar-refractivity contribution in [1.82, 2.24) is 9.97 Å². The molecule has 0 saturated carbocycles. The molecule has 124 valence electrons. The highest BCUT2D eigenvalue weighted by molar-refractivity contribution is 6.03. The number of H-pyrrole nitrogens is 1. The lowest BCUT2D eigenvalue weighted by atomic mass is 9.93. The number of hydrogen-bond acceptors (Lipinski definition) is 1. The first-order valence-electron chi connectivity index (χ1n) is 8.88. The van der Waals surface area contributed by atoms with Crippen molar-refractivity contribution in [2.24, 2.45) is 0 Å². The lowest BCUT2D eigenvalue weighted by molar-refractivity contribution is 1.29. The highest BCUT2D eigenvalue weighted by Gasteiger charge is 2.06. The fourth-order valence-corrected chi connectivity index (χ4v) is 3.74. The van der Waals surface area contributed by atoms with E-state index in [9.17, 15) is 0 Å². The highest BCUT2D eigenvalue weighted by atomic mass is 14.7. The van der Waals surface area contributed by atoms with Crippen molar-refractivity contribution in [3.63, 3.8) is 0 Å². The summed E-state index contributed by atoms with van der Waals surface area (Å²) in [5.74, 6) is 0. The number of allylic oxidation sites excluding steroid dienone is 1. The van der Waals surface area contributed by atoms with Gasteiger partial charge in [-0.15, -0.1) is 0 Å². The number of nitrogens with zero attached hydrogens (tertiary/aromatic N) is 1. The van der Waals surface area contributed by atoms with Crippen LogP contribution in [0.4, 0.5) is 0 Å². The lowest BCUT2D eigenvalue weighted by Crippen LogP contribution is -1.91. The van der Waals surface area contributed by atoms with Gasteiger partial charge in [0.1, 0.15) is 0 Å². The molecule has 0 atom stereocenters. The summed E-state index contributed by atoms with van der Waals surface area (Å²) in [7, 11) is 0. The van der Waals surface area contributed by atoms with Crippen LogP contribution < -0.4 is 0 Å². The quantitative estimate of drug-likeness (QED) is 0.363. The van der Waals surface area contributed by atoms with Gasteiger partial charge in [0.15, 0.2) is 0 Å². The van der Waals surface area contributed by atoms with E-state index in [-0.39, 0.29) is 0 Å². The van der Waals surface area contributed by atoms with Gasteiger partial charge in [0.25, 0.3) is 0 Å². The summed E-state index contributed by atoms with van der Waals surface area (Å²) in [6.45, 7) is 0. The fourth-order valence-electron chi connectivity index (χ4n) is 3.74. The third kappa shape index (κ3) is 2.47. The molecule has 0 amide bonds. The minimum Gasteiger partial charge on any atom is -0.361 e. The maximum atomic E-state index is 4.33. The molecule has 2 aromatic heterocycles. The summed E-state index contributed by atoms with van der Waals surface area (Å²) in [5.41, 5.74) is 5.03. The zero-order valence-electron chi connectivity index (χ0n) is 14.3. The van der Waals surface area contributed by atoms with E-state index in [1.54, 1.807) is 0 Å². The highest BCUT2D eigenvalue weighted by Crippen LogP contribution is 2.27. The summed E-state index contributed by atoms with van der Waals surface area (Å²) in [5, 5.41) is 5.18. The first kappa shape index (κ1) is 14.9. The molecule has 1 N–H and O–H groups in total. The van der Waals surface area contributed by atoms with Crippen LogP contribution in [0.3, 0.4) is 0 Å². The first-order chi connectivity index (χ1) is 12.9. The maximum absolute atomic E-state index is 4.33. The van der Waals surface area contributed by atoms with Gasteiger partial charge in [-0.05, 0) is 52.6 Å². The van der Waals surface area contributed by atoms with Gasteiger partial charge in [0.05, 0.1) is 5.52 Å². The van der Waals surface area contributed by atoms with E-state index < -0.39 is 0 Å². The Bertz CT molecular complexity index is 1260. The van der Waals surface area contributed by atoms with Crippen LogP contribution in [0.1, 0.15) is 11.1 Å². The number of aromatic nitrogens is 2. The second-order valence-electron chi connectivity index (χ2n) is 6.55. The normalized spacial score (nSPS) is 12.3. The summed E-state index contributed by atoms with van der Waals surface area (Å²) < 4.78 is 0. The van der Waals surface area contributed by atoms with Gasteiger partial charge in [-0.25, -0.2) is 0 Å². The third-order valence-corrected chi connectivity index (χ3v) is 4.96. The molecule has 2 heterocycles. The Morgan fingerprint density at radius 2 is 1.73 bits per heavy atom. The number of benzene rings is 3. The molecular weight excluding hydrogens is 316 g/mol. The zero-order valence-corrected chi connectivity index (χ0v) is 14.3. The molecule has 0 fully saturated rings. The Balaban J connectivity index is 0.000000115. The molecule has 26 heavy (non-hydrogen) atoms. The molecule has 0 aliphatic heterocycles. The van der Waals surface area contributed by atoms with Gasteiger partial charge < -0.3 is 4.98 Å². The molecule has 2 heteroatoms. The molecule has 0 radical (unpaired) electrons. The van der Waals surface area contributed by atoms with E-state index >= 15 is 0 Å². The van der Waals surface area contributed by atoms with Crippen molar-refractivity contribution >= 4 is 38.7 Å². The summed E-state index contributed by atoms with van der Waals surface area (Å²) in [6, 6.07) is 23.3. The maximum Gasteiger partial charge on any atom is 0.0795 e. The van der Waals surface area contributed by atoms with Crippen molar-refractivity contribution < 1.29 is 0 Å². The van der Waals surface area contributed by atoms with E-state index in [4.69, 9.17) is 0 Å². The second kappa shape index (κ2) is 6.16. The van der Waals surface area contributed by atoms with Gasteiger partial charge in [-0.1, -0.05) is 54.6 Å². The summed E-state index contributed by atoms with van der Waals surface area (Å²) >= 11 is 0. The van der Waals surface area contributed by atoms with Crippen LogP contribution in [0.2, 0.25) is 0 Å². The summed E-state index contributed by atoms with van der Waals surface area (Å²) in [4.78, 5) is 7.52. The van der Waals surface area contributed by atoms with Crippen LogP contribution in [-0.4, -0.2) is 9.97 Å². The smallest absolute Gasteiger partial charge is 0.0795 e. The van der Waals surface area contributed by atoms with Gasteiger partial charge in [0, 0.05) is 28.7 Å². The zero-order chi connectivity index (χ0) is 17.3. The number of rotatable bonds is 0. The number of fused-ring (bicyclic) bond motifs is 3. The number of aromatic amines is 1. The minimum atomic E-state index is 1.08. The average molecular weight is 334 g/mol. The van der Waals surface area contributed by atoms with Crippen molar-refractivity contribution in [1.29, 1.82) is 0 Å². The van der Waals surface area contributed by atoms with Crippen molar-refractivity contribution in [2.75, 3.05) is 0 Å². The standard InChI is InChI=1S/C13H10.C11H8N2/c1-4-10-6-2-8-12-9-3-7-11(5-1)13(10)12;1-2-9-10(12-6-1)4-3-8-5-7-13-11(8)9/h1-8H,9H2;1-7,12H. The molecule has 0 saturated heterocycles. The predicted molar refractivity (Wildman–Crippen MR) is 110 cm³/mol. The largest absolute Gasteiger partial charge is 0.361 e. The van der Waals surface area contributed by atoms with Crippen molar-refractivity contribution in [2.45, 2.75) is 6.42 Å². The van der Waals surface area contributed by atoms with Crippen molar-refractivity contribution in [3.8, 4) is 0 Å². The molecule has 0 spiro atoms. The van der Waals surface area contributed by atoms with E-state index in [2.05, 4.69) is 76.7 Å². The van der Waals surface area contributed by atoms with E-state index in [1.165, 1.54) is 32.7 Å². The average Bonchev–Trinajstić information content (AvgIpc) is 3.19. The Kier molecular flexibility index (Phi) is 3.53. The molecule has 2 nitrogen and oxygen atoms in total. The Hall–Kier alpha value is -3.39. The van der Waals surface area contributed by atoms with E-state index in [0.717, 1.165) is 17.5 Å². The Labute approximate surface area is 151 Å². The lowest BCUT2D eigenvalue weighted by Gasteiger charge is -2.11. The van der Waals surface area contributed by atoms with Crippen molar-refractivity contribution in [3.05, 3.63) is 96.3 Å². The van der Waals surface area contributed by atoms with Gasteiger partial charge in [-0.2, -0.15) is 0 Å².